The van der Waals surface area contributed by atoms with Crippen molar-refractivity contribution >= 4 is 15.9 Å². The molecule has 1 aromatic carbocycles. The Morgan fingerprint density at radius 1 is 1.20 bits per heavy atom. The van der Waals surface area contributed by atoms with E-state index in [1.807, 2.05) is 0 Å². The second-order valence-corrected chi connectivity index (χ2v) is 6.78. The average molecular weight is 344 g/mol. The van der Waals surface area contributed by atoms with Crippen LogP contribution in [0.25, 0.3) is 0 Å². The number of nitrogens with one attached hydrogen (secondary N) is 1. The normalized spacial score (nSPS) is 11.8. The number of halogens is 1. The highest BCUT2D eigenvalue weighted by Crippen LogP contribution is 2.20. The van der Waals surface area contributed by atoms with Crippen LogP contribution in [-0.4, -0.2) is 25.9 Å². The van der Waals surface area contributed by atoms with Gasteiger partial charge in [0, 0.05) is 36.9 Å². The standard InChI is InChI=1S/C16H26BrNO2/c1-16(2,3)18-11-13-6-7-14(15(17)10-13)12-20-9-5-8-19-4/h6-7,10,18H,5,8-9,11-12H2,1-4H3. The van der Waals surface area contributed by atoms with Gasteiger partial charge in [0.15, 0.2) is 0 Å². The summed E-state index contributed by atoms with van der Waals surface area (Å²) in [4.78, 5) is 0. The van der Waals surface area contributed by atoms with Crippen molar-refractivity contribution in [1.29, 1.82) is 0 Å². The number of ether oxygens (including phenoxy) is 2. The van der Waals surface area contributed by atoms with E-state index in [0.717, 1.165) is 30.7 Å². The highest BCUT2D eigenvalue weighted by atomic mass is 79.9. The molecule has 0 bridgehead atoms. The topological polar surface area (TPSA) is 30.5 Å². The van der Waals surface area contributed by atoms with Gasteiger partial charge in [-0.1, -0.05) is 28.1 Å². The quantitative estimate of drug-likeness (QED) is 0.726. The van der Waals surface area contributed by atoms with E-state index in [1.54, 1.807) is 7.11 Å². The second kappa shape index (κ2) is 8.78. The number of hydrogen-bond donors (Lipinski definition) is 1. The first-order valence-corrected chi connectivity index (χ1v) is 7.80. The molecule has 0 heterocycles. The third-order valence-corrected chi connectivity index (χ3v) is 3.57. The predicted molar refractivity (Wildman–Crippen MR) is 86.9 cm³/mol. The Morgan fingerprint density at radius 2 is 1.95 bits per heavy atom. The lowest BCUT2D eigenvalue weighted by Gasteiger charge is -2.20. The van der Waals surface area contributed by atoms with Crippen molar-refractivity contribution in [3.63, 3.8) is 0 Å². The fraction of sp³-hybridized carbons (Fsp3) is 0.625. The van der Waals surface area contributed by atoms with Gasteiger partial charge in [0.05, 0.1) is 6.61 Å². The second-order valence-electron chi connectivity index (χ2n) is 5.93. The van der Waals surface area contributed by atoms with Crippen molar-refractivity contribution in [2.75, 3.05) is 20.3 Å². The lowest BCUT2D eigenvalue weighted by atomic mass is 10.1. The zero-order valence-electron chi connectivity index (χ0n) is 13.0. The van der Waals surface area contributed by atoms with E-state index in [1.165, 1.54) is 11.1 Å². The van der Waals surface area contributed by atoms with Crippen LogP contribution >= 0.6 is 15.9 Å². The van der Waals surface area contributed by atoms with Crippen molar-refractivity contribution in [1.82, 2.24) is 5.32 Å². The van der Waals surface area contributed by atoms with Crippen molar-refractivity contribution in [2.24, 2.45) is 0 Å². The summed E-state index contributed by atoms with van der Waals surface area (Å²) in [6, 6.07) is 6.43. The van der Waals surface area contributed by atoms with Crippen LogP contribution < -0.4 is 5.32 Å². The Kier molecular flexibility index (Phi) is 7.74. The van der Waals surface area contributed by atoms with E-state index in [-0.39, 0.29) is 5.54 Å². The van der Waals surface area contributed by atoms with Crippen molar-refractivity contribution in [3.05, 3.63) is 33.8 Å². The molecule has 0 radical (unpaired) electrons. The largest absolute Gasteiger partial charge is 0.385 e. The van der Waals surface area contributed by atoms with Gasteiger partial charge >= 0.3 is 0 Å². The van der Waals surface area contributed by atoms with Crippen LogP contribution in [0.4, 0.5) is 0 Å². The third-order valence-electron chi connectivity index (χ3n) is 2.84. The molecule has 114 valence electrons. The Hall–Kier alpha value is -0.420. The molecule has 3 nitrogen and oxygen atoms in total. The fourth-order valence-corrected chi connectivity index (χ4v) is 2.21. The van der Waals surface area contributed by atoms with Gasteiger partial charge < -0.3 is 14.8 Å². The molecule has 1 rings (SSSR count). The van der Waals surface area contributed by atoms with E-state index >= 15 is 0 Å². The van der Waals surface area contributed by atoms with Crippen LogP contribution in [0, 0.1) is 0 Å². The smallest absolute Gasteiger partial charge is 0.0727 e. The van der Waals surface area contributed by atoms with E-state index in [4.69, 9.17) is 9.47 Å². The molecule has 0 saturated heterocycles. The lowest BCUT2D eigenvalue weighted by Crippen LogP contribution is -2.35. The third kappa shape index (κ3) is 7.39. The van der Waals surface area contributed by atoms with Crippen molar-refractivity contribution in [2.45, 2.75) is 45.9 Å². The monoisotopic (exact) mass is 343 g/mol. The molecule has 0 unspecified atom stereocenters. The first kappa shape index (κ1) is 17.6. The van der Waals surface area contributed by atoms with Crippen LogP contribution in [0.2, 0.25) is 0 Å². The molecule has 1 aromatic rings. The highest BCUT2D eigenvalue weighted by molar-refractivity contribution is 9.10. The summed E-state index contributed by atoms with van der Waals surface area (Å²) in [5, 5.41) is 3.49. The number of benzene rings is 1. The molecular formula is C16H26BrNO2. The molecule has 0 aliphatic heterocycles. The minimum absolute atomic E-state index is 0.135. The molecule has 20 heavy (non-hydrogen) atoms. The Balaban J connectivity index is 2.43. The number of methoxy groups -OCH3 is 1. The van der Waals surface area contributed by atoms with E-state index in [9.17, 15) is 0 Å². The van der Waals surface area contributed by atoms with Gasteiger partial charge in [0.2, 0.25) is 0 Å². The molecule has 1 N–H and O–H groups in total. The summed E-state index contributed by atoms with van der Waals surface area (Å²) < 4.78 is 11.7. The molecule has 0 aliphatic rings. The zero-order valence-corrected chi connectivity index (χ0v) is 14.5. The molecular weight excluding hydrogens is 318 g/mol. The van der Waals surface area contributed by atoms with Crippen LogP contribution in [0.1, 0.15) is 38.3 Å². The minimum atomic E-state index is 0.135. The van der Waals surface area contributed by atoms with Crippen molar-refractivity contribution in [3.8, 4) is 0 Å². The summed E-state index contributed by atoms with van der Waals surface area (Å²) in [5.41, 5.74) is 2.59. The molecule has 0 amide bonds. The number of hydrogen-bond acceptors (Lipinski definition) is 3. The molecule has 0 aliphatic carbocycles. The Morgan fingerprint density at radius 3 is 2.55 bits per heavy atom. The van der Waals surface area contributed by atoms with Gasteiger partial charge in [-0.05, 0) is 44.4 Å². The van der Waals surface area contributed by atoms with E-state index in [2.05, 4.69) is 60.2 Å². The first-order valence-electron chi connectivity index (χ1n) is 7.01. The van der Waals surface area contributed by atoms with Crippen LogP contribution in [0.3, 0.4) is 0 Å². The lowest BCUT2D eigenvalue weighted by molar-refractivity contribution is 0.0925. The number of rotatable bonds is 8. The van der Waals surface area contributed by atoms with Gasteiger partial charge in [-0.25, -0.2) is 0 Å². The van der Waals surface area contributed by atoms with Crippen LogP contribution in [0.15, 0.2) is 22.7 Å². The summed E-state index contributed by atoms with van der Waals surface area (Å²) in [7, 11) is 1.71. The Bertz CT molecular complexity index is 402. The first-order chi connectivity index (χ1) is 9.42. The molecule has 0 atom stereocenters. The van der Waals surface area contributed by atoms with Gasteiger partial charge in [0.25, 0.3) is 0 Å². The summed E-state index contributed by atoms with van der Waals surface area (Å²) in [6.07, 6.45) is 0.932. The summed E-state index contributed by atoms with van der Waals surface area (Å²) >= 11 is 3.62. The van der Waals surface area contributed by atoms with Gasteiger partial charge in [-0.2, -0.15) is 0 Å². The maximum absolute atomic E-state index is 5.63. The fourth-order valence-electron chi connectivity index (χ4n) is 1.67. The Labute approximate surface area is 131 Å². The predicted octanol–water partition coefficient (Wildman–Crippen LogP) is 3.89. The zero-order chi connectivity index (χ0) is 15.0. The van der Waals surface area contributed by atoms with Crippen LogP contribution in [-0.2, 0) is 22.6 Å². The minimum Gasteiger partial charge on any atom is -0.385 e. The van der Waals surface area contributed by atoms with Gasteiger partial charge in [-0.15, -0.1) is 0 Å². The summed E-state index contributed by atoms with van der Waals surface area (Å²) in [6.45, 7) is 9.50. The van der Waals surface area contributed by atoms with Gasteiger partial charge in [-0.3, -0.25) is 0 Å². The van der Waals surface area contributed by atoms with Crippen LogP contribution in [0.5, 0.6) is 0 Å². The highest BCUT2D eigenvalue weighted by Gasteiger charge is 2.09. The summed E-state index contributed by atoms with van der Waals surface area (Å²) in [5.74, 6) is 0. The maximum Gasteiger partial charge on any atom is 0.0727 e. The van der Waals surface area contributed by atoms with Gasteiger partial charge in [0.1, 0.15) is 0 Å². The van der Waals surface area contributed by atoms with E-state index in [0.29, 0.717) is 6.61 Å². The van der Waals surface area contributed by atoms with E-state index < -0.39 is 0 Å². The van der Waals surface area contributed by atoms with Crippen molar-refractivity contribution < 1.29 is 9.47 Å². The molecule has 0 spiro atoms. The average Bonchev–Trinajstić information content (AvgIpc) is 2.37. The molecule has 0 aromatic heterocycles. The molecule has 4 heteroatoms. The maximum atomic E-state index is 5.63. The molecule has 0 fully saturated rings. The SMILES string of the molecule is COCCCOCc1ccc(CNC(C)(C)C)cc1Br. The molecule has 0 saturated carbocycles.